The zero-order valence-electron chi connectivity index (χ0n) is 13.7. The molecule has 7 nitrogen and oxygen atoms in total. The third-order valence-corrected chi connectivity index (χ3v) is 3.31. The minimum Gasteiger partial charge on any atom is -0.346 e. The maximum atomic E-state index is 12.2. The lowest BCUT2D eigenvalue weighted by atomic mass is 10.1. The zero-order chi connectivity index (χ0) is 17.0. The van der Waals surface area contributed by atoms with E-state index in [9.17, 15) is 9.59 Å². The Morgan fingerprint density at radius 3 is 1.87 bits per heavy atom. The number of rotatable bonds is 4. The van der Waals surface area contributed by atoms with E-state index in [0.29, 0.717) is 0 Å². The van der Waals surface area contributed by atoms with E-state index in [1.807, 2.05) is 30.3 Å². The number of nitrogens with zero attached hydrogens (tertiary/aromatic N) is 3. The molecule has 1 heterocycles. The van der Waals surface area contributed by atoms with Gasteiger partial charge in [-0.25, -0.2) is 4.99 Å². The van der Waals surface area contributed by atoms with E-state index in [1.54, 1.807) is 34.4 Å². The first-order chi connectivity index (χ1) is 10.9. The number of amides is 2. The monoisotopic (exact) mass is 319 g/mol. The summed E-state index contributed by atoms with van der Waals surface area (Å²) in [5.41, 5.74) is 0.873. The molecular formula is C16H21N3O4. The van der Waals surface area contributed by atoms with Crippen LogP contribution in [-0.2, 0) is 19.1 Å². The van der Waals surface area contributed by atoms with Gasteiger partial charge in [0.15, 0.2) is 12.2 Å². The van der Waals surface area contributed by atoms with Crippen molar-refractivity contribution in [2.75, 3.05) is 28.2 Å². The van der Waals surface area contributed by atoms with Crippen molar-refractivity contribution < 1.29 is 19.1 Å². The number of carbonyl (C=O) groups excluding carboxylic acids is 2. The molecule has 1 saturated heterocycles. The van der Waals surface area contributed by atoms with Crippen molar-refractivity contribution >= 4 is 18.0 Å². The fraction of sp³-hybridized carbons (Fsp3) is 0.438. The van der Waals surface area contributed by atoms with Gasteiger partial charge in [-0.3, -0.25) is 9.59 Å². The average molecular weight is 319 g/mol. The van der Waals surface area contributed by atoms with Gasteiger partial charge in [0.1, 0.15) is 0 Å². The fourth-order valence-corrected chi connectivity index (χ4v) is 2.07. The first-order valence-electron chi connectivity index (χ1n) is 7.21. The smallest absolute Gasteiger partial charge is 0.259 e. The lowest BCUT2D eigenvalue weighted by Gasteiger charge is -2.21. The summed E-state index contributed by atoms with van der Waals surface area (Å²) in [4.78, 5) is 31.3. The molecule has 1 aromatic carbocycles. The number of hydrogen-bond donors (Lipinski definition) is 0. The Hall–Kier alpha value is -2.25. The van der Waals surface area contributed by atoms with Crippen LogP contribution in [0.3, 0.4) is 0 Å². The molecule has 1 aromatic rings. The van der Waals surface area contributed by atoms with Gasteiger partial charge in [0, 0.05) is 34.4 Å². The number of carbonyl (C=O) groups is 2. The largest absolute Gasteiger partial charge is 0.346 e. The molecule has 0 spiro atoms. The maximum Gasteiger partial charge on any atom is 0.259 e. The Balaban J connectivity index is 2.14. The first kappa shape index (κ1) is 17.1. The normalized spacial score (nSPS) is 21.6. The summed E-state index contributed by atoms with van der Waals surface area (Å²) in [6.45, 7) is 0. The predicted molar refractivity (Wildman–Crippen MR) is 85.0 cm³/mol. The second-order valence-electron chi connectivity index (χ2n) is 5.57. The molecule has 7 heteroatoms. The van der Waals surface area contributed by atoms with Crippen LogP contribution in [-0.4, -0.2) is 74.6 Å². The molecule has 0 aromatic heterocycles. The summed E-state index contributed by atoms with van der Waals surface area (Å²) < 4.78 is 11.1. The molecule has 23 heavy (non-hydrogen) atoms. The SMILES string of the molecule is CN(C)C(=O)[C@H]1OC(/N=C/c2ccccc2)O[C@@H]1C(=O)N(C)C. The van der Waals surface area contributed by atoms with E-state index in [0.717, 1.165) is 5.56 Å². The van der Waals surface area contributed by atoms with Crippen LogP contribution in [0.1, 0.15) is 5.56 Å². The van der Waals surface area contributed by atoms with Crippen molar-refractivity contribution in [3.63, 3.8) is 0 Å². The summed E-state index contributed by atoms with van der Waals surface area (Å²) in [6.07, 6.45) is -1.40. The molecule has 2 amide bonds. The highest BCUT2D eigenvalue weighted by Crippen LogP contribution is 2.23. The quantitative estimate of drug-likeness (QED) is 0.751. The molecule has 1 aliphatic rings. The molecule has 0 aliphatic carbocycles. The number of ether oxygens (including phenoxy) is 2. The van der Waals surface area contributed by atoms with Crippen LogP contribution in [0.15, 0.2) is 35.3 Å². The van der Waals surface area contributed by atoms with Gasteiger partial charge >= 0.3 is 0 Å². The molecule has 2 rings (SSSR count). The van der Waals surface area contributed by atoms with Crippen molar-refractivity contribution in [1.82, 2.24) is 9.80 Å². The average Bonchev–Trinajstić information content (AvgIpc) is 2.96. The van der Waals surface area contributed by atoms with E-state index >= 15 is 0 Å². The molecule has 1 aliphatic heterocycles. The molecule has 0 N–H and O–H groups in total. The van der Waals surface area contributed by atoms with Crippen molar-refractivity contribution in [3.8, 4) is 0 Å². The van der Waals surface area contributed by atoms with Crippen molar-refractivity contribution in [2.24, 2.45) is 4.99 Å². The van der Waals surface area contributed by atoms with Gasteiger partial charge in [-0.05, 0) is 5.56 Å². The summed E-state index contributed by atoms with van der Waals surface area (Å²) in [5, 5.41) is 0. The van der Waals surface area contributed by atoms with Crippen LogP contribution in [0.2, 0.25) is 0 Å². The van der Waals surface area contributed by atoms with Crippen LogP contribution in [0.5, 0.6) is 0 Å². The van der Waals surface area contributed by atoms with Crippen LogP contribution < -0.4 is 0 Å². The molecule has 0 saturated carbocycles. The number of hydrogen-bond acceptors (Lipinski definition) is 5. The summed E-state index contributed by atoms with van der Waals surface area (Å²) in [7, 11) is 6.40. The van der Waals surface area contributed by atoms with E-state index in [2.05, 4.69) is 4.99 Å². The topological polar surface area (TPSA) is 71.4 Å². The van der Waals surface area contributed by atoms with E-state index in [4.69, 9.17) is 9.47 Å². The Bertz CT molecular complexity index is 558. The van der Waals surface area contributed by atoms with E-state index in [-0.39, 0.29) is 11.8 Å². The van der Waals surface area contributed by atoms with Gasteiger partial charge in [0.2, 0.25) is 0 Å². The third kappa shape index (κ3) is 4.14. The van der Waals surface area contributed by atoms with Gasteiger partial charge in [0.05, 0.1) is 0 Å². The molecule has 124 valence electrons. The predicted octanol–water partition coefficient (Wildman–Crippen LogP) is 0.349. The molecule has 0 bridgehead atoms. The van der Waals surface area contributed by atoms with Gasteiger partial charge in [-0.2, -0.15) is 0 Å². The second kappa shape index (κ2) is 7.34. The maximum absolute atomic E-state index is 12.2. The highest BCUT2D eigenvalue weighted by atomic mass is 16.8. The first-order valence-corrected chi connectivity index (χ1v) is 7.21. The Kier molecular flexibility index (Phi) is 5.46. The molecule has 1 fully saturated rings. The van der Waals surface area contributed by atoms with Gasteiger partial charge in [-0.15, -0.1) is 0 Å². The van der Waals surface area contributed by atoms with E-state index < -0.39 is 18.6 Å². The van der Waals surface area contributed by atoms with Crippen LogP contribution in [0.25, 0.3) is 0 Å². The summed E-state index contributed by atoms with van der Waals surface area (Å²) in [6, 6.07) is 9.42. The van der Waals surface area contributed by atoms with Gasteiger partial charge < -0.3 is 19.3 Å². The Morgan fingerprint density at radius 2 is 1.43 bits per heavy atom. The third-order valence-electron chi connectivity index (χ3n) is 3.31. The van der Waals surface area contributed by atoms with Crippen molar-refractivity contribution in [1.29, 1.82) is 0 Å². The number of likely N-dealkylation sites (N-methyl/N-ethyl adjacent to an activating group) is 2. The lowest BCUT2D eigenvalue weighted by molar-refractivity contribution is -0.146. The molecule has 0 radical (unpaired) electrons. The fourth-order valence-electron chi connectivity index (χ4n) is 2.07. The minimum atomic E-state index is -1.00. The molecule has 2 atom stereocenters. The highest BCUT2D eigenvalue weighted by molar-refractivity contribution is 5.91. The van der Waals surface area contributed by atoms with Crippen LogP contribution in [0.4, 0.5) is 0 Å². The van der Waals surface area contributed by atoms with Crippen LogP contribution >= 0.6 is 0 Å². The van der Waals surface area contributed by atoms with E-state index in [1.165, 1.54) is 9.80 Å². The lowest BCUT2D eigenvalue weighted by Crippen LogP contribution is -2.47. The van der Waals surface area contributed by atoms with Gasteiger partial charge in [0.25, 0.3) is 18.2 Å². The zero-order valence-corrected chi connectivity index (χ0v) is 13.7. The summed E-state index contributed by atoms with van der Waals surface area (Å²) >= 11 is 0. The van der Waals surface area contributed by atoms with Crippen LogP contribution in [0, 0.1) is 0 Å². The number of aliphatic imine (C=N–C) groups is 1. The summed E-state index contributed by atoms with van der Waals surface area (Å²) in [5.74, 6) is -0.662. The van der Waals surface area contributed by atoms with Crippen molar-refractivity contribution in [3.05, 3.63) is 35.9 Å². The molecular weight excluding hydrogens is 298 g/mol. The minimum absolute atomic E-state index is 0.331. The van der Waals surface area contributed by atoms with Gasteiger partial charge in [-0.1, -0.05) is 30.3 Å². The second-order valence-corrected chi connectivity index (χ2v) is 5.57. The Morgan fingerprint density at radius 1 is 0.957 bits per heavy atom. The highest BCUT2D eigenvalue weighted by Gasteiger charge is 2.46. The number of benzene rings is 1. The van der Waals surface area contributed by atoms with Crippen molar-refractivity contribution in [2.45, 2.75) is 18.6 Å². The molecule has 0 unspecified atom stereocenters. The Labute approximate surface area is 135 Å². The standard InChI is InChI=1S/C16H21N3O4/c1-18(2)14(20)12-13(15(21)19(3)4)23-16(22-12)17-10-11-8-6-5-7-9-11/h5-10,12-13,16H,1-4H3/b17-10+/t12-,13-/m0/s1.